The third kappa shape index (κ3) is 3.05. The van der Waals surface area contributed by atoms with Gasteiger partial charge in [-0.15, -0.1) is 5.10 Å². The highest BCUT2D eigenvalue weighted by Gasteiger charge is 2.46. The Kier molecular flexibility index (Phi) is 4.01. The predicted molar refractivity (Wildman–Crippen MR) is 74.7 cm³/mol. The van der Waals surface area contributed by atoms with E-state index < -0.39 is 12.2 Å². The first-order valence-corrected chi connectivity index (χ1v) is 7.18. The standard InChI is InChI=1S/C14H14ClF2N3O2/c15-12-7-10(22-13(16)17)3-4-11(12)14(21,9-1-2-9)8-20-6-5-18-19-20/h3-7,9,13,21H,1-2,8H2. The SMILES string of the molecule is OC(Cn1ccnn1)(c1ccc(OC(F)F)cc1Cl)C1CC1. The maximum absolute atomic E-state index is 12.2. The molecule has 3 rings (SSSR count). The number of aliphatic hydroxyl groups is 1. The molecular weight excluding hydrogens is 316 g/mol. The molecule has 0 radical (unpaired) electrons. The van der Waals surface area contributed by atoms with Gasteiger partial charge >= 0.3 is 6.61 Å². The predicted octanol–water partition coefficient (Wildman–Crippen LogP) is 2.83. The molecule has 1 aromatic heterocycles. The zero-order chi connectivity index (χ0) is 15.7. The topological polar surface area (TPSA) is 60.2 Å². The number of benzene rings is 1. The van der Waals surface area contributed by atoms with Gasteiger partial charge in [0.2, 0.25) is 0 Å². The fourth-order valence-electron chi connectivity index (χ4n) is 2.58. The highest BCUT2D eigenvalue weighted by atomic mass is 35.5. The van der Waals surface area contributed by atoms with Gasteiger partial charge in [-0.1, -0.05) is 22.9 Å². The molecule has 1 aliphatic rings. The van der Waals surface area contributed by atoms with Crippen molar-refractivity contribution in [3.8, 4) is 5.75 Å². The summed E-state index contributed by atoms with van der Waals surface area (Å²) < 4.78 is 30.3. The Hall–Kier alpha value is -1.73. The minimum Gasteiger partial charge on any atom is -0.435 e. The minimum absolute atomic E-state index is 0.0392. The maximum Gasteiger partial charge on any atom is 0.387 e. The van der Waals surface area contributed by atoms with Gasteiger partial charge in [-0.3, -0.25) is 0 Å². The van der Waals surface area contributed by atoms with Crippen LogP contribution in [-0.4, -0.2) is 26.7 Å². The monoisotopic (exact) mass is 329 g/mol. The highest BCUT2D eigenvalue weighted by Crippen LogP contribution is 2.48. The van der Waals surface area contributed by atoms with Crippen LogP contribution in [0.15, 0.2) is 30.6 Å². The average Bonchev–Trinajstić information content (AvgIpc) is 3.18. The molecule has 1 saturated carbocycles. The molecule has 8 heteroatoms. The maximum atomic E-state index is 12.2. The third-order valence-corrected chi connectivity index (χ3v) is 4.07. The molecule has 2 aromatic rings. The zero-order valence-electron chi connectivity index (χ0n) is 11.5. The van der Waals surface area contributed by atoms with Crippen molar-refractivity contribution in [2.24, 2.45) is 5.92 Å². The van der Waals surface area contributed by atoms with E-state index in [-0.39, 0.29) is 23.2 Å². The van der Waals surface area contributed by atoms with Gasteiger partial charge in [-0.05, 0) is 30.9 Å². The van der Waals surface area contributed by atoms with Gasteiger partial charge in [0, 0.05) is 11.8 Å². The first kappa shape index (κ1) is 15.2. The second kappa shape index (κ2) is 5.81. The largest absolute Gasteiger partial charge is 0.435 e. The molecule has 0 bridgehead atoms. The molecular formula is C14H14ClF2N3O2. The van der Waals surface area contributed by atoms with Crippen molar-refractivity contribution in [2.45, 2.75) is 31.6 Å². The molecule has 0 spiro atoms. The van der Waals surface area contributed by atoms with Crippen molar-refractivity contribution in [2.75, 3.05) is 0 Å². The van der Waals surface area contributed by atoms with Crippen molar-refractivity contribution >= 4 is 11.6 Å². The number of hydrogen-bond acceptors (Lipinski definition) is 4. The Morgan fingerprint density at radius 2 is 2.23 bits per heavy atom. The first-order chi connectivity index (χ1) is 10.5. The first-order valence-electron chi connectivity index (χ1n) is 6.80. The van der Waals surface area contributed by atoms with Gasteiger partial charge in [0.1, 0.15) is 11.4 Å². The number of ether oxygens (including phenoxy) is 1. The van der Waals surface area contributed by atoms with Crippen molar-refractivity contribution < 1.29 is 18.6 Å². The van der Waals surface area contributed by atoms with Crippen LogP contribution in [0.3, 0.4) is 0 Å². The van der Waals surface area contributed by atoms with Crippen LogP contribution in [0, 0.1) is 5.92 Å². The highest BCUT2D eigenvalue weighted by molar-refractivity contribution is 6.31. The normalized spacial score (nSPS) is 17.5. The Balaban J connectivity index is 1.91. The van der Waals surface area contributed by atoms with Gasteiger partial charge < -0.3 is 9.84 Å². The van der Waals surface area contributed by atoms with Gasteiger partial charge in [-0.25, -0.2) is 4.68 Å². The fraction of sp³-hybridized carbons (Fsp3) is 0.429. The molecule has 0 amide bonds. The van der Waals surface area contributed by atoms with E-state index in [0.717, 1.165) is 12.8 Å². The number of hydrogen-bond donors (Lipinski definition) is 1. The van der Waals surface area contributed by atoms with E-state index in [2.05, 4.69) is 15.0 Å². The van der Waals surface area contributed by atoms with E-state index in [1.54, 1.807) is 6.20 Å². The summed E-state index contributed by atoms with van der Waals surface area (Å²) in [4.78, 5) is 0. The van der Waals surface area contributed by atoms with E-state index in [1.165, 1.54) is 29.1 Å². The molecule has 1 heterocycles. The third-order valence-electron chi connectivity index (χ3n) is 3.76. The number of nitrogens with zero attached hydrogens (tertiary/aromatic N) is 3. The quantitative estimate of drug-likeness (QED) is 0.885. The van der Waals surface area contributed by atoms with Gasteiger partial charge in [-0.2, -0.15) is 8.78 Å². The van der Waals surface area contributed by atoms with Crippen LogP contribution in [0.5, 0.6) is 5.75 Å². The lowest BCUT2D eigenvalue weighted by atomic mass is 9.88. The van der Waals surface area contributed by atoms with E-state index in [4.69, 9.17) is 11.6 Å². The van der Waals surface area contributed by atoms with Crippen molar-refractivity contribution in [1.29, 1.82) is 0 Å². The van der Waals surface area contributed by atoms with Gasteiger partial charge in [0.15, 0.2) is 0 Å². The summed E-state index contributed by atoms with van der Waals surface area (Å²) in [6.45, 7) is -2.72. The van der Waals surface area contributed by atoms with Crippen LogP contribution in [-0.2, 0) is 12.1 Å². The lowest BCUT2D eigenvalue weighted by molar-refractivity contribution is -0.0499. The van der Waals surface area contributed by atoms with E-state index >= 15 is 0 Å². The minimum atomic E-state index is -2.92. The van der Waals surface area contributed by atoms with Crippen molar-refractivity contribution in [3.63, 3.8) is 0 Å². The molecule has 1 fully saturated rings. The van der Waals surface area contributed by atoms with Crippen molar-refractivity contribution in [3.05, 3.63) is 41.2 Å². The lowest BCUT2D eigenvalue weighted by Crippen LogP contribution is -2.34. The average molecular weight is 330 g/mol. The molecule has 1 unspecified atom stereocenters. The number of halogens is 3. The summed E-state index contributed by atoms with van der Waals surface area (Å²) in [5, 5.41) is 18.9. The molecule has 1 aromatic carbocycles. The van der Waals surface area contributed by atoms with Gasteiger partial charge in [0.05, 0.1) is 17.8 Å². The van der Waals surface area contributed by atoms with Crippen LogP contribution < -0.4 is 4.74 Å². The molecule has 118 valence electrons. The Morgan fingerprint density at radius 3 is 2.77 bits per heavy atom. The molecule has 1 atom stereocenters. The number of alkyl halides is 2. The molecule has 5 nitrogen and oxygen atoms in total. The molecule has 1 aliphatic carbocycles. The van der Waals surface area contributed by atoms with Crippen LogP contribution >= 0.6 is 11.6 Å². The summed E-state index contributed by atoms with van der Waals surface area (Å²) in [5.74, 6) is 0.0127. The van der Waals surface area contributed by atoms with Crippen LogP contribution in [0.25, 0.3) is 0 Å². The summed E-state index contributed by atoms with van der Waals surface area (Å²) in [6, 6.07) is 4.19. The molecule has 1 N–H and O–H groups in total. The van der Waals surface area contributed by atoms with Gasteiger partial charge in [0.25, 0.3) is 0 Å². The Bertz CT molecular complexity index is 650. The van der Waals surface area contributed by atoms with Crippen LogP contribution in [0.1, 0.15) is 18.4 Å². The molecule has 0 saturated heterocycles. The van der Waals surface area contributed by atoms with Crippen LogP contribution in [0.2, 0.25) is 5.02 Å². The second-order valence-electron chi connectivity index (χ2n) is 5.32. The summed E-state index contributed by atoms with van der Waals surface area (Å²) >= 11 is 6.18. The lowest BCUT2D eigenvalue weighted by Gasteiger charge is -2.29. The number of aromatic nitrogens is 3. The van der Waals surface area contributed by atoms with E-state index in [9.17, 15) is 13.9 Å². The molecule has 0 aliphatic heterocycles. The Morgan fingerprint density at radius 1 is 1.45 bits per heavy atom. The fourth-order valence-corrected chi connectivity index (χ4v) is 2.92. The van der Waals surface area contributed by atoms with E-state index in [0.29, 0.717) is 5.56 Å². The summed E-state index contributed by atoms with van der Waals surface area (Å²) in [6.07, 6.45) is 4.91. The second-order valence-corrected chi connectivity index (χ2v) is 5.73. The van der Waals surface area contributed by atoms with Crippen LogP contribution in [0.4, 0.5) is 8.78 Å². The zero-order valence-corrected chi connectivity index (χ0v) is 12.2. The smallest absolute Gasteiger partial charge is 0.387 e. The van der Waals surface area contributed by atoms with E-state index in [1.807, 2.05) is 0 Å². The molecule has 22 heavy (non-hydrogen) atoms. The summed E-state index contributed by atoms with van der Waals surface area (Å²) in [7, 11) is 0. The summed E-state index contributed by atoms with van der Waals surface area (Å²) in [5.41, 5.74) is -0.734. The van der Waals surface area contributed by atoms with Crippen molar-refractivity contribution in [1.82, 2.24) is 15.0 Å². The number of rotatable bonds is 6. The Labute approximate surface area is 130 Å².